The van der Waals surface area contributed by atoms with Crippen molar-refractivity contribution in [2.24, 2.45) is 0 Å². The van der Waals surface area contributed by atoms with Gasteiger partial charge in [-0.25, -0.2) is 0 Å². The van der Waals surface area contributed by atoms with Crippen molar-refractivity contribution in [2.45, 2.75) is 50.0 Å². The molecule has 5 N–H and O–H groups in total. The lowest BCUT2D eigenvalue weighted by Gasteiger charge is -2.41. The van der Waals surface area contributed by atoms with Crippen LogP contribution in [-0.4, -0.2) is 62.8 Å². The van der Waals surface area contributed by atoms with E-state index in [1.807, 2.05) is 6.92 Å². The van der Waals surface area contributed by atoms with Crippen molar-refractivity contribution in [1.29, 1.82) is 0 Å². The summed E-state index contributed by atoms with van der Waals surface area (Å²) in [5.74, 6) is 0.633. The van der Waals surface area contributed by atoms with Crippen LogP contribution in [0.5, 0.6) is 11.5 Å². The van der Waals surface area contributed by atoms with E-state index < -0.39 is 37.3 Å². The lowest BCUT2D eigenvalue weighted by atomic mass is 9.73. The van der Waals surface area contributed by atoms with Crippen LogP contribution in [0.3, 0.4) is 0 Å². The third-order valence-corrected chi connectivity index (χ3v) is 4.73. The first-order valence-corrected chi connectivity index (χ1v) is 7.82. The molecule has 7 heteroatoms. The molecular weight excluding hydrogens is 316 g/mol. The van der Waals surface area contributed by atoms with E-state index in [9.17, 15) is 25.5 Å². The summed E-state index contributed by atoms with van der Waals surface area (Å²) in [6.45, 7) is 5.28. The third kappa shape index (κ3) is 2.68. The van der Waals surface area contributed by atoms with Crippen LogP contribution in [0, 0.1) is 0 Å². The van der Waals surface area contributed by atoms with Gasteiger partial charge in [-0.05, 0) is 25.5 Å². The van der Waals surface area contributed by atoms with Gasteiger partial charge < -0.3 is 35.0 Å². The van der Waals surface area contributed by atoms with Crippen LogP contribution >= 0.6 is 0 Å². The molecule has 0 bridgehead atoms. The Kier molecular flexibility index (Phi) is 4.54. The molecule has 7 nitrogen and oxygen atoms in total. The van der Waals surface area contributed by atoms with E-state index in [1.165, 1.54) is 6.07 Å². The second-order valence-corrected chi connectivity index (χ2v) is 6.39. The van der Waals surface area contributed by atoms with Crippen LogP contribution in [0.15, 0.2) is 24.3 Å². The standard InChI is InChI=1S/C17H22O7/c1-7(2)8-5-9-11(4-3-10(19)13(8)9)23-17-16(22)15(21)14(20)12(6-18)24-17/h3-4,8,12,14-22H,1,5-6H2,2H3. The molecule has 0 saturated carbocycles. The van der Waals surface area contributed by atoms with Gasteiger partial charge in [0.25, 0.3) is 0 Å². The molecule has 0 spiro atoms. The van der Waals surface area contributed by atoms with Gasteiger partial charge in [-0.3, -0.25) is 0 Å². The minimum absolute atomic E-state index is 0.0540. The highest BCUT2D eigenvalue weighted by molar-refractivity contribution is 5.59. The first-order chi connectivity index (χ1) is 11.3. The Morgan fingerprint density at radius 3 is 2.58 bits per heavy atom. The summed E-state index contributed by atoms with van der Waals surface area (Å²) < 4.78 is 11.0. The maximum Gasteiger partial charge on any atom is 0.229 e. The Balaban J connectivity index is 1.83. The van der Waals surface area contributed by atoms with Crippen molar-refractivity contribution in [2.75, 3.05) is 6.61 Å². The Morgan fingerprint density at radius 2 is 1.96 bits per heavy atom. The van der Waals surface area contributed by atoms with E-state index in [4.69, 9.17) is 9.47 Å². The number of ether oxygens (including phenoxy) is 2. The Morgan fingerprint density at radius 1 is 1.25 bits per heavy atom. The zero-order chi connectivity index (χ0) is 17.6. The highest BCUT2D eigenvalue weighted by Crippen LogP contribution is 2.49. The lowest BCUT2D eigenvalue weighted by Crippen LogP contribution is -2.60. The molecular formula is C17H22O7. The summed E-state index contributed by atoms with van der Waals surface area (Å²) in [6.07, 6.45) is -6.01. The maximum absolute atomic E-state index is 10.1. The summed E-state index contributed by atoms with van der Waals surface area (Å²) in [5.41, 5.74) is 2.47. The zero-order valence-electron chi connectivity index (χ0n) is 13.3. The van der Waals surface area contributed by atoms with Crippen LogP contribution in [-0.2, 0) is 11.2 Å². The molecule has 1 aliphatic carbocycles. The molecule has 132 valence electrons. The topological polar surface area (TPSA) is 120 Å². The molecule has 3 rings (SSSR count). The number of allylic oxidation sites excluding steroid dienone is 1. The van der Waals surface area contributed by atoms with E-state index in [-0.39, 0.29) is 11.7 Å². The summed E-state index contributed by atoms with van der Waals surface area (Å²) in [7, 11) is 0. The number of benzene rings is 1. The van der Waals surface area contributed by atoms with Gasteiger partial charge in [0, 0.05) is 17.0 Å². The fourth-order valence-electron chi connectivity index (χ4n) is 3.23. The van der Waals surface area contributed by atoms with Crippen molar-refractivity contribution < 1.29 is 35.0 Å². The number of fused-ring (bicyclic) bond motifs is 1. The second-order valence-electron chi connectivity index (χ2n) is 6.39. The van der Waals surface area contributed by atoms with Crippen LogP contribution in [0.2, 0.25) is 0 Å². The molecule has 1 fully saturated rings. The van der Waals surface area contributed by atoms with Crippen LogP contribution in [0.25, 0.3) is 0 Å². The minimum atomic E-state index is -1.49. The Labute approximate surface area is 139 Å². The first kappa shape index (κ1) is 17.2. The Bertz CT molecular complexity index is 642. The molecule has 6 unspecified atom stereocenters. The van der Waals surface area contributed by atoms with E-state index in [1.54, 1.807) is 6.07 Å². The summed E-state index contributed by atoms with van der Waals surface area (Å²) in [5, 5.41) is 48.9. The fourth-order valence-corrected chi connectivity index (χ4v) is 3.23. The van der Waals surface area contributed by atoms with Crippen molar-refractivity contribution in [3.05, 3.63) is 35.4 Å². The molecule has 1 saturated heterocycles. The SMILES string of the molecule is C=C(C)C1Cc2c(OC3OC(CO)C(O)C(O)C3O)ccc(O)c21. The van der Waals surface area contributed by atoms with Gasteiger partial charge in [0.2, 0.25) is 6.29 Å². The van der Waals surface area contributed by atoms with Gasteiger partial charge in [-0.2, -0.15) is 0 Å². The van der Waals surface area contributed by atoms with E-state index in [0.29, 0.717) is 12.2 Å². The number of phenolic OH excluding ortho intramolecular Hbond substituents is 1. The van der Waals surface area contributed by atoms with E-state index in [0.717, 1.165) is 16.7 Å². The summed E-state index contributed by atoms with van der Waals surface area (Å²) in [6, 6.07) is 3.05. The monoisotopic (exact) mass is 338 g/mol. The van der Waals surface area contributed by atoms with Crippen LogP contribution < -0.4 is 4.74 Å². The molecule has 1 aromatic carbocycles. The smallest absolute Gasteiger partial charge is 0.229 e. The number of hydrogen-bond donors (Lipinski definition) is 5. The summed E-state index contributed by atoms with van der Waals surface area (Å²) >= 11 is 0. The number of hydrogen-bond acceptors (Lipinski definition) is 7. The van der Waals surface area contributed by atoms with Crippen LogP contribution in [0.1, 0.15) is 24.0 Å². The Hall–Kier alpha value is -1.64. The van der Waals surface area contributed by atoms with Crippen molar-refractivity contribution >= 4 is 0 Å². The van der Waals surface area contributed by atoms with Gasteiger partial charge in [0.15, 0.2) is 0 Å². The highest BCUT2D eigenvalue weighted by atomic mass is 16.7. The average Bonchev–Trinajstić information content (AvgIpc) is 2.50. The molecule has 24 heavy (non-hydrogen) atoms. The predicted molar refractivity (Wildman–Crippen MR) is 83.8 cm³/mol. The van der Waals surface area contributed by atoms with Gasteiger partial charge in [-0.15, -0.1) is 0 Å². The third-order valence-electron chi connectivity index (χ3n) is 4.73. The average molecular weight is 338 g/mol. The highest BCUT2D eigenvalue weighted by Gasteiger charge is 2.45. The second kappa shape index (κ2) is 6.34. The number of aliphatic hydroxyl groups excluding tert-OH is 4. The number of aliphatic hydroxyl groups is 4. The van der Waals surface area contributed by atoms with Crippen LogP contribution in [0.4, 0.5) is 0 Å². The molecule has 1 aromatic rings. The molecule has 2 aliphatic rings. The first-order valence-electron chi connectivity index (χ1n) is 7.82. The molecule has 6 atom stereocenters. The van der Waals surface area contributed by atoms with Gasteiger partial charge >= 0.3 is 0 Å². The zero-order valence-corrected chi connectivity index (χ0v) is 13.3. The summed E-state index contributed by atoms with van der Waals surface area (Å²) in [4.78, 5) is 0. The number of rotatable bonds is 4. The molecule has 0 amide bonds. The van der Waals surface area contributed by atoms with E-state index in [2.05, 4.69) is 6.58 Å². The predicted octanol–water partition coefficient (Wildman–Crippen LogP) is -0.213. The minimum Gasteiger partial charge on any atom is -0.508 e. The molecule has 1 aliphatic heterocycles. The number of phenols is 1. The lowest BCUT2D eigenvalue weighted by molar-refractivity contribution is -0.277. The van der Waals surface area contributed by atoms with Gasteiger partial charge in [-0.1, -0.05) is 12.2 Å². The quantitative estimate of drug-likeness (QED) is 0.482. The van der Waals surface area contributed by atoms with Gasteiger partial charge in [0.05, 0.1) is 6.61 Å². The maximum atomic E-state index is 10.1. The normalized spacial score (nSPS) is 35.0. The molecule has 1 heterocycles. The van der Waals surface area contributed by atoms with Crippen molar-refractivity contribution in [3.63, 3.8) is 0 Å². The van der Waals surface area contributed by atoms with Gasteiger partial charge in [0.1, 0.15) is 35.9 Å². The molecule has 0 aromatic heterocycles. The largest absolute Gasteiger partial charge is 0.508 e. The van der Waals surface area contributed by atoms with E-state index >= 15 is 0 Å². The van der Waals surface area contributed by atoms with Crippen molar-refractivity contribution in [1.82, 2.24) is 0 Å². The fraction of sp³-hybridized carbons (Fsp3) is 0.529. The molecule has 0 radical (unpaired) electrons. The van der Waals surface area contributed by atoms with Crippen molar-refractivity contribution in [3.8, 4) is 11.5 Å². The number of aromatic hydroxyl groups is 1.